The van der Waals surface area contributed by atoms with Crippen LogP contribution in [0.1, 0.15) is 0 Å². The minimum absolute atomic E-state index is 0.474. The van der Waals surface area contributed by atoms with Crippen molar-refractivity contribution in [3.05, 3.63) is 36.7 Å². The molecule has 0 unspecified atom stereocenters. The minimum atomic E-state index is 0.474. The number of imidazole rings is 1. The summed E-state index contributed by atoms with van der Waals surface area (Å²) < 4.78 is 1.95. The second kappa shape index (κ2) is 2.84. The third kappa shape index (κ3) is 1.25. The molecule has 0 atom stereocenters. The van der Waals surface area contributed by atoms with Crippen LogP contribution in [0.3, 0.4) is 0 Å². The third-order valence-corrected chi connectivity index (χ3v) is 2.24. The quantitative estimate of drug-likeness (QED) is 0.620. The molecule has 3 heterocycles. The molecule has 0 radical (unpaired) electrons. The van der Waals surface area contributed by atoms with E-state index in [1.165, 1.54) is 0 Å². The SMILES string of the molecule is Nc1cc(-c2cn3ccccc3n2)[nH]n1. The maximum atomic E-state index is 5.53. The van der Waals surface area contributed by atoms with Gasteiger partial charge in [0.05, 0.1) is 5.69 Å². The minimum Gasteiger partial charge on any atom is -0.382 e. The lowest BCUT2D eigenvalue weighted by atomic mass is 10.3. The Morgan fingerprint density at radius 3 is 3.00 bits per heavy atom. The molecule has 0 aliphatic rings. The first-order valence-corrected chi connectivity index (χ1v) is 4.58. The molecule has 3 N–H and O–H groups in total. The molecular formula is C10H9N5. The fraction of sp³-hybridized carbons (Fsp3) is 0. The molecular weight excluding hydrogens is 190 g/mol. The van der Waals surface area contributed by atoms with Crippen molar-refractivity contribution >= 4 is 11.5 Å². The highest BCUT2D eigenvalue weighted by Crippen LogP contribution is 2.17. The van der Waals surface area contributed by atoms with Gasteiger partial charge in [0.25, 0.3) is 0 Å². The lowest BCUT2D eigenvalue weighted by Gasteiger charge is -1.86. The molecule has 3 aromatic heterocycles. The largest absolute Gasteiger partial charge is 0.382 e. The lowest BCUT2D eigenvalue weighted by Crippen LogP contribution is -1.81. The average molecular weight is 199 g/mol. The third-order valence-electron chi connectivity index (χ3n) is 2.24. The van der Waals surface area contributed by atoms with Crippen molar-refractivity contribution in [2.75, 3.05) is 5.73 Å². The number of aromatic nitrogens is 4. The van der Waals surface area contributed by atoms with Crippen molar-refractivity contribution in [2.45, 2.75) is 0 Å². The van der Waals surface area contributed by atoms with Crippen LogP contribution in [0.4, 0.5) is 5.82 Å². The smallest absolute Gasteiger partial charge is 0.145 e. The zero-order valence-electron chi connectivity index (χ0n) is 7.88. The molecule has 15 heavy (non-hydrogen) atoms. The van der Waals surface area contributed by atoms with E-state index in [1.807, 2.05) is 35.0 Å². The van der Waals surface area contributed by atoms with E-state index in [4.69, 9.17) is 5.73 Å². The van der Waals surface area contributed by atoms with E-state index in [2.05, 4.69) is 15.2 Å². The number of H-pyrrole nitrogens is 1. The number of hydrogen-bond acceptors (Lipinski definition) is 3. The summed E-state index contributed by atoms with van der Waals surface area (Å²) in [4.78, 5) is 4.43. The Morgan fingerprint density at radius 1 is 1.33 bits per heavy atom. The van der Waals surface area contributed by atoms with Gasteiger partial charge in [-0.05, 0) is 12.1 Å². The monoisotopic (exact) mass is 199 g/mol. The number of aromatic amines is 1. The van der Waals surface area contributed by atoms with Crippen LogP contribution in [0.25, 0.3) is 17.0 Å². The average Bonchev–Trinajstić information content (AvgIpc) is 2.82. The highest BCUT2D eigenvalue weighted by atomic mass is 15.2. The van der Waals surface area contributed by atoms with Gasteiger partial charge in [-0.1, -0.05) is 6.07 Å². The molecule has 3 rings (SSSR count). The van der Waals surface area contributed by atoms with Crippen molar-refractivity contribution in [2.24, 2.45) is 0 Å². The first-order valence-electron chi connectivity index (χ1n) is 4.58. The molecule has 0 fully saturated rings. The van der Waals surface area contributed by atoms with E-state index in [0.29, 0.717) is 5.82 Å². The van der Waals surface area contributed by atoms with Gasteiger partial charge in [-0.2, -0.15) is 5.10 Å². The Balaban J connectivity index is 2.19. The predicted octanol–water partition coefficient (Wildman–Crippen LogP) is 1.31. The number of anilines is 1. The van der Waals surface area contributed by atoms with Crippen molar-refractivity contribution in [1.82, 2.24) is 19.6 Å². The van der Waals surface area contributed by atoms with Gasteiger partial charge >= 0.3 is 0 Å². The van der Waals surface area contributed by atoms with E-state index in [0.717, 1.165) is 17.0 Å². The van der Waals surface area contributed by atoms with Crippen LogP contribution in [0, 0.1) is 0 Å². The topological polar surface area (TPSA) is 72.0 Å². The first-order chi connectivity index (χ1) is 7.33. The van der Waals surface area contributed by atoms with Crippen LogP contribution in [0.15, 0.2) is 36.7 Å². The number of fused-ring (bicyclic) bond motifs is 1. The van der Waals surface area contributed by atoms with Crippen LogP contribution in [-0.4, -0.2) is 19.6 Å². The number of hydrogen-bond donors (Lipinski definition) is 2. The maximum absolute atomic E-state index is 5.53. The second-order valence-corrected chi connectivity index (χ2v) is 3.30. The van der Waals surface area contributed by atoms with Crippen LogP contribution >= 0.6 is 0 Å². The molecule has 0 saturated heterocycles. The van der Waals surface area contributed by atoms with Gasteiger partial charge in [-0.3, -0.25) is 5.10 Å². The van der Waals surface area contributed by atoms with Gasteiger partial charge in [0.1, 0.15) is 17.2 Å². The van der Waals surface area contributed by atoms with E-state index in [-0.39, 0.29) is 0 Å². The summed E-state index contributed by atoms with van der Waals surface area (Å²) >= 11 is 0. The van der Waals surface area contributed by atoms with E-state index >= 15 is 0 Å². The molecule has 0 bridgehead atoms. The normalized spacial score (nSPS) is 10.9. The Hall–Kier alpha value is -2.30. The Labute approximate surface area is 85.6 Å². The van der Waals surface area contributed by atoms with Gasteiger partial charge in [-0.25, -0.2) is 4.98 Å². The number of nitrogen functional groups attached to an aromatic ring is 1. The van der Waals surface area contributed by atoms with Gasteiger partial charge in [-0.15, -0.1) is 0 Å². The van der Waals surface area contributed by atoms with Gasteiger partial charge in [0, 0.05) is 18.5 Å². The van der Waals surface area contributed by atoms with Crippen LogP contribution in [-0.2, 0) is 0 Å². The lowest BCUT2D eigenvalue weighted by molar-refractivity contribution is 1.10. The fourth-order valence-corrected chi connectivity index (χ4v) is 1.53. The van der Waals surface area contributed by atoms with E-state index in [1.54, 1.807) is 6.07 Å². The summed E-state index contributed by atoms with van der Waals surface area (Å²) in [6.07, 6.45) is 3.88. The molecule has 0 aliphatic carbocycles. The van der Waals surface area contributed by atoms with Crippen molar-refractivity contribution in [3.8, 4) is 11.4 Å². The maximum Gasteiger partial charge on any atom is 0.145 e. The van der Waals surface area contributed by atoms with Crippen molar-refractivity contribution < 1.29 is 0 Å². The van der Waals surface area contributed by atoms with Crippen LogP contribution in [0.5, 0.6) is 0 Å². The Morgan fingerprint density at radius 2 is 2.27 bits per heavy atom. The number of nitrogens with one attached hydrogen (secondary N) is 1. The van der Waals surface area contributed by atoms with E-state index < -0.39 is 0 Å². The standard InChI is InChI=1S/C10H9N5/c11-9-5-7(13-14-9)8-6-15-4-2-1-3-10(15)12-8/h1-6H,(H3,11,13,14). The zero-order valence-corrected chi connectivity index (χ0v) is 7.88. The van der Waals surface area contributed by atoms with E-state index in [9.17, 15) is 0 Å². The molecule has 0 saturated carbocycles. The van der Waals surface area contributed by atoms with Crippen molar-refractivity contribution in [3.63, 3.8) is 0 Å². The molecule has 5 nitrogen and oxygen atoms in total. The van der Waals surface area contributed by atoms with Crippen LogP contribution < -0.4 is 5.73 Å². The Kier molecular flexibility index (Phi) is 1.53. The first kappa shape index (κ1) is 8.05. The summed E-state index contributed by atoms with van der Waals surface area (Å²) in [5, 5.41) is 6.70. The summed E-state index contributed by atoms with van der Waals surface area (Å²) in [7, 11) is 0. The Bertz CT molecular complexity index is 574. The fourth-order valence-electron chi connectivity index (χ4n) is 1.53. The number of nitrogens with zero attached hydrogens (tertiary/aromatic N) is 3. The second-order valence-electron chi connectivity index (χ2n) is 3.30. The molecule has 5 heteroatoms. The highest BCUT2D eigenvalue weighted by Gasteiger charge is 2.05. The molecule has 0 aromatic carbocycles. The summed E-state index contributed by atoms with van der Waals surface area (Å²) in [6, 6.07) is 7.62. The summed E-state index contributed by atoms with van der Waals surface area (Å²) in [6.45, 7) is 0. The number of nitrogens with two attached hydrogens (primary N) is 1. The molecule has 0 aliphatic heterocycles. The van der Waals surface area contributed by atoms with Gasteiger partial charge in [0.2, 0.25) is 0 Å². The summed E-state index contributed by atoms with van der Waals surface area (Å²) in [5.41, 5.74) is 8.10. The zero-order chi connectivity index (χ0) is 10.3. The molecule has 3 aromatic rings. The van der Waals surface area contributed by atoms with Crippen molar-refractivity contribution in [1.29, 1.82) is 0 Å². The molecule has 0 amide bonds. The highest BCUT2D eigenvalue weighted by molar-refractivity contribution is 5.61. The summed E-state index contributed by atoms with van der Waals surface area (Å²) in [5.74, 6) is 0.474. The molecule has 0 spiro atoms. The molecule has 74 valence electrons. The van der Waals surface area contributed by atoms with Gasteiger partial charge in [0.15, 0.2) is 0 Å². The number of pyridine rings is 1. The van der Waals surface area contributed by atoms with Gasteiger partial charge < -0.3 is 10.1 Å². The predicted molar refractivity (Wildman–Crippen MR) is 57.2 cm³/mol. The van der Waals surface area contributed by atoms with Crippen LogP contribution in [0.2, 0.25) is 0 Å². The number of rotatable bonds is 1.